The molecule has 0 amide bonds. The second-order valence-electron chi connectivity index (χ2n) is 6.40. The lowest BCUT2D eigenvalue weighted by Gasteiger charge is -2.23. The van der Waals surface area contributed by atoms with Gasteiger partial charge in [-0.3, -0.25) is 9.88 Å². The molecule has 2 N–H and O–H groups in total. The Morgan fingerprint density at radius 3 is 2.83 bits per heavy atom. The van der Waals surface area contributed by atoms with Gasteiger partial charge in [-0.05, 0) is 29.1 Å². The van der Waals surface area contributed by atoms with Crippen LogP contribution in [0.1, 0.15) is 5.56 Å². The van der Waals surface area contributed by atoms with Gasteiger partial charge in [0.1, 0.15) is 0 Å². The van der Waals surface area contributed by atoms with E-state index in [1.54, 1.807) is 12.4 Å². The monoisotopic (exact) mass is 322 g/mol. The fourth-order valence-electron chi connectivity index (χ4n) is 3.51. The van der Waals surface area contributed by atoms with Gasteiger partial charge < -0.3 is 15.0 Å². The molecule has 3 heterocycles. The molecule has 5 nitrogen and oxygen atoms in total. The first-order valence-electron chi connectivity index (χ1n) is 8.40. The van der Waals surface area contributed by atoms with E-state index in [1.165, 1.54) is 16.5 Å². The Kier molecular flexibility index (Phi) is 4.19. The van der Waals surface area contributed by atoms with E-state index in [1.807, 2.05) is 18.3 Å². The number of rotatable bonds is 3. The van der Waals surface area contributed by atoms with Crippen LogP contribution in [0.3, 0.4) is 0 Å². The molecule has 24 heavy (non-hydrogen) atoms. The number of nitrogens with zero attached hydrogens (tertiary/aromatic N) is 3. The highest BCUT2D eigenvalue weighted by atomic mass is 16.3. The number of fused-ring (bicyclic) bond motifs is 1. The highest BCUT2D eigenvalue weighted by molar-refractivity contribution is 5.82. The summed E-state index contributed by atoms with van der Waals surface area (Å²) in [5, 5.41) is 11.7. The van der Waals surface area contributed by atoms with Gasteiger partial charge >= 0.3 is 0 Å². The minimum absolute atomic E-state index is 0.358. The molecule has 0 aliphatic carbocycles. The highest BCUT2D eigenvalue weighted by Gasteiger charge is 2.22. The topological polar surface area (TPSA) is 55.4 Å². The average molecular weight is 322 g/mol. The number of benzene rings is 1. The summed E-state index contributed by atoms with van der Waals surface area (Å²) in [6.45, 7) is 4.03. The summed E-state index contributed by atoms with van der Waals surface area (Å²) in [5.41, 5.74) is 3.60. The first kappa shape index (κ1) is 15.2. The summed E-state index contributed by atoms with van der Waals surface area (Å²) < 4.78 is 0. The standard InChI is InChI=1S/C19H22N4O/c24-18-13-22(10-11-23(14-18)17-5-7-20-8-6-17)12-16-3-1-2-15-4-9-21-19(15)16/h1-9,18,21,24H,10-14H2/t18-/m0/s1. The fraction of sp³-hybridized carbons (Fsp3) is 0.316. The van der Waals surface area contributed by atoms with Gasteiger partial charge in [-0.15, -0.1) is 0 Å². The van der Waals surface area contributed by atoms with Crippen molar-refractivity contribution in [2.45, 2.75) is 12.6 Å². The van der Waals surface area contributed by atoms with Gasteiger partial charge in [-0.1, -0.05) is 18.2 Å². The molecule has 1 aliphatic rings. The maximum atomic E-state index is 10.4. The zero-order valence-electron chi connectivity index (χ0n) is 13.6. The first-order chi connectivity index (χ1) is 11.8. The number of H-pyrrole nitrogens is 1. The third kappa shape index (κ3) is 3.13. The Morgan fingerprint density at radius 2 is 1.96 bits per heavy atom. The van der Waals surface area contributed by atoms with E-state index in [0.29, 0.717) is 13.1 Å². The number of nitrogens with one attached hydrogen (secondary N) is 1. The molecule has 1 aromatic carbocycles. The van der Waals surface area contributed by atoms with Crippen LogP contribution in [0.2, 0.25) is 0 Å². The fourth-order valence-corrected chi connectivity index (χ4v) is 3.51. The Hall–Kier alpha value is -2.37. The van der Waals surface area contributed by atoms with Crippen molar-refractivity contribution in [1.29, 1.82) is 0 Å². The molecule has 0 bridgehead atoms. The Bertz CT molecular complexity index is 801. The zero-order valence-corrected chi connectivity index (χ0v) is 13.6. The number of aliphatic hydroxyl groups excluding tert-OH is 1. The number of aliphatic hydroxyl groups is 1. The van der Waals surface area contributed by atoms with Crippen LogP contribution >= 0.6 is 0 Å². The van der Waals surface area contributed by atoms with Crippen LogP contribution in [-0.4, -0.2) is 52.3 Å². The second kappa shape index (κ2) is 6.63. The van der Waals surface area contributed by atoms with E-state index in [0.717, 1.165) is 25.3 Å². The lowest BCUT2D eigenvalue weighted by Crippen LogP contribution is -2.33. The van der Waals surface area contributed by atoms with E-state index in [2.05, 4.69) is 44.0 Å². The van der Waals surface area contributed by atoms with Gasteiger partial charge in [-0.25, -0.2) is 0 Å². The van der Waals surface area contributed by atoms with Crippen LogP contribution in [0.5, 0.6) is 0 Å². The quantitative estimate of drug-likeness (QED) is 0.776. The smallest absolute Gasteiger partial charge is 0.0841 e. The summed E-state index contributed by atoms with van der Waals surface area (Å²) in [6.07, 6.45) is 5.23. The SMILES string of the molecule is O[C@H]1CN(Cc2cccc3cc[nH]c23)CCN(c2ccncc2)C1. The number of aromatic nitrogens is 2. The van der Waals surface area contributed by atoms with Gasteiger partial charge in [-0.2, -0.15) is 0 Å². The van der Waals surface area contributed by atoms with Crippen molar-refractivity contribution in [3.8, 4) is 0 Å². The van der Waals surface area contributed by atoms with Crippen LogP contribution in [0.4, 0.5) is 5.69 Å². The maximum Gasteiger partial charge on any atom is 0.0841 e. The largest absolute Gasteiger partial charge is 0.390 e. The predicted molar refractivity (Wildman–Crippen MR) is 96.0 cm³/mol. The molecule has 0 spiro atoms. The molecule has 1 aliphatic heterocycles. The van der Waals surface area contributed by atoms with E-state index >= 15 is 0 Å². The lowest BCUT2D eigenvalue weighted by molar-refractivity contribution is 0.129. The lowest BCUT2D eigenvalue weighted by atomic mass is 10.1. The summed E-state index contributed by atoms with van der Waals surface area (Å²) in [6, 6.07) is 12.5. The second-order valence-corrected chi connectivity index (χ2v) is 6.40. The van der Waals surface area contributed by atoms with Crippen molar-refractivity contribution >= 4 is 16.6 Å². The van der Waals surface area contributed by atoms with Gasteiger partial charge in [0.25, 0.3) is 0 Å². The summed E-state index contributed by atoms with van der Waals surface area (Å²) >= 11 is 0. The number of pyridine rings is 1. The third-order valence-electron chi connectivity index (χ3n) is 4.68. The van der Waals surface area contributed by atoms with Crippen molar-refractivity contribution in [2.24, 2.45) is 0 Å². The Labute approximate surface area is 141 Å². The third-order valence-corrected chi connectivity index (χ3v) is 4.68. The number of aromatic amines is 1. The number of β-amino-alcohol motifs (C(OH)–C–C–N with tert-alkyl or cyclic N) is 1. The highest BCUT2D eigenvalue weighted by Crippen LogP contribution is 2.20. The molecule has 1 atom stereocenters. The van der Waals surface area contributed by atoms with Crippen LogP contribution in [0.25, 0.3) is 10.9 Å². The summed E-state index contributed by atoms with van der Waals surface area (Å²) in [7, 11) is 0. The van der Waals surface area contributed by atoms with Crippen LogP contribution in [-0.2, 0) is 6.54 Å². The van der Waals surface area contributed by atoms with Gasteiger partial charge in [0.15, 0.2) is 0 Å². The number of para-hydroxylation sites is 1. The van der Waals surface area contributed by atoms with Gasteiger partial charge in [0, 0.05) is 62.5 Å². The van der Waals surface area contributed by atoms with Crippen molar-refractivity contribution in [3.05, 3.63) is 60.6 Å². The van der Waals surface area contributed by atoms with E-state index in [-0.39, 0.29) is 6.10 Å². The van der Waals surface area contributed by atoms with Crippen molar-refractivity contribution in [3.63, 3.8) is 0 Å². The molecule has 1 saturated heterocycles. The number of hydrogen-bond donors (Lipinski definition) is 2. The summed E-state index contributed by atoms with van der Waals surface area (Å²) in [5.74, 6) is 0. The van der Waals surface area contributed by atoms with Crippen molar-refractivity contribution in [1.82, 2.24) is 14.9 Å². The predicted octanol–water partition coefficient (Wildman–Crippen LogP) is 2.25. The van der Waals surface area contributed by atoms with E-state index in [9.17, 15) is 5.11 Å². The van der Waals surface area contributed by atoms with Gasteiger partial charge in [0.2, 0.25) is 0 Å². The van der Waals surface area contributed by atoms with Crippen LogP contribution < -0.4 is 4.90 Å². The molecule has 1 fully saturated rings. The van der Waals surface area contributed by atoms with E-state index in [4.69, 9.17) is 0 Å². The number of hydrogen-bond acceptors (Lipinski definition) is 4. The van der Waals surface area contributed by atoms with Crippen molar-refractivity contribution < 1.29 is 5.11 Å². The van der Waals surface area contributed by atoms with Crippen LogP contribution in [0, 0.1) is 0 Å². The molecule has 4 rings (SSSR count). The minimum atomic E-state index is -0.358. The molecule has 2 aromatic heterocycles. The van der Waals surface area contributed by atoms with E-state index < -0.39 is 0 Å². The zero-order chi connectivity index (χ0) is 16.4. The molecular formula is C19H22N4O. The van der Waals surface area contributed by atoms with Crippen LogP contribution in [0.15, 0.2) is 55.0 Å². The normalized spacial score (nSPS) is 19.5. The minimum Gasteiger partial charge on any atom is -0.390 e. The van der Waals surface area contributed by atoms with Gasteiger partial charge in [0.05, 0.1) is 6.10 Å². The average Bonchev–Trinajstić information content (AvgIpc) is 3.01. The number of anilines is 1. The maximum absolute atomic E-state index is 10.4. The Morgan fingerprint density at radius 1 is 1.08 bits per heavy atom. The van der Waals surface area contributed by atoms with Crippen molar-refractivity contribution in [2.75, 3.05) is 31.1 Å². The molecule has 0 saturated carbocycles. The molecule has 0 radical (unpaired) electrons. The Balaban J connectivity index is 1.50. The molecule has 0 unspecified atom stereocenters. The molecule has 124 valence electrons. The molecular weight excluding hydrogens is 300 g/mol. The first-order valence-corrected chi connectivity index (χ1v) is 8.40. The molecule has 5 heteroatoms. The summed E-state index contributed by atoms with van der Waals surface area (Å²) in [4.78, 5) is 12.0. The molecule has 3 aromatic rings.